The average Bonchev–Trinajstić information content (AvgIpc) is 3.13. The van der Waals surface area contributed by atoms with Gasteiger partial charge in [-0.3, -0.25) is 4.79 Å². The van der Waals surface area contributed by atoms with Crippen molar-refractivity contribution in [1.29, 1.82) is 0 Å². The quantitative estimate of drug-likeness (QED) is 0.386. The van der Waals surface area contributed by atoms with E-state index in [0.717, 1.165) is 5.56 Å². The van der Waals surface area contributed by atoms with Crippen molar-refractivity contribution in [1.82, 2.24) is 15.0 Å². The second kappa shape index (κ2) is 8.34. The van der Waals surface area contributed by atoms with Gasteiger partial charge in [0.25, 0.3) is 5.91 Å². The van der Waals surface area contributed by atoms with Crippen LogP contribution in [0.25, 0.3) is 22.3 Å². The van der Waals surface area contributed by atoms with Gasteiger partial charge in [0.15, 0.2) is 5.76 Å². The van der Waals surface area contributed by atoms with Gasteiger partial charge in [-0.2, -0.15) is 0 Å². The van der Waals surface area contributed by atoms with Gasteiger partial charge in [0.2, 0.25) is 0 Å². The fraction of sp³-hybridized carbons (Fsp3) is 0.200. The number of carbonyl (C=O) groups excluding carboxylic acids is 2. The number of rotatable bonds is 6. The minimum atomic E-state index is -0.452. The maximum atomic E-state index is 12.3. The van der Waals surface area contributed by atoms with E-state index in [4.69, 9.17) is 9.47 Å². The number of carbonyl (C=O) groups is 2. The normalized spacial score (nSPS) is 11.3. The first-order chi connectivity index (χ1) is 13.6. The fourth-order valence-corrected chi connectivity index (χ4v) is 2.83. The number of amides is 1. The highest BCUT2D eigenvalue weighted by Crippen LogP contribution is 2.30. The summed E-state index contributed by atoms with van der Waals surface area (Å²) in [6.07, 6.45) is 4.55. The van der Waals surface area contributed by atoms with E-state index in [9.17, 15) is 9.59 Å². The monoisotopic (exact) mass is 380 g/mol. The van der Waals surface area contributed by atoms with Crippen molar-refractivity contribution in [2.75, 3.05) is 19.0 Å². The summed E-state index contributed by atoms with van der Waals surface area (Å²) in [5, 5.41) is 3.34. The molecule has 0 saturated carbocycles. The molecule has 8 nitrogen and oxygen atoms in total. The first-order valence-electron chi connectivity index (χ1n) is 8.70. The molecule has 0 saturated heterocycles. The van der Waals surface area contributed by atoms with E-state index < -0.39 is 5.97 Å². The van der Waals surface area contributed by atoms with Crippen LogP contribution in [0.2, 0.25) is 0 Å². The molecule has 0 unspecified atom stereocenters. The van der Waals surface area contributed by atoms with E-state index in [1.54, 1.807) is 44.3 Å². The Labute approximate surface area is 161 Å². The number of ether oxygens (including phenoxy) is 2. The molecule has 0 aliphatic rings. The van der Waals surface area contributed by atoms with Crippen LogP contribution in [0, 0.1) is 0 Å². The highest BCUT2D eigenvalue weighted by molar-refractivity contribution is 6.08. The molecule has 2 aromatic heterocycles. The van der Waals surface area contributed by atoms with Gasteiger partial charge in [-0.1, -0.05) is 12.1 Å². The van der Waals surface area contributed by atoms with Crippen LogP contribution in [0.3, 0.4) is 0 Å². The highest BCUT2D eigenvalue weighted by Gasteiger charge is 2.19. The molecule has 0 aliphatic carbocycles. The standard InChI is InChI=1S/C20H20N4O4/c1-4-15(27-3)19(25)24-13-8-6-7-12(9-13)17-16-14(20(26)28-5-2)10-21-18(16)23-11-22-17/h4,6-11H,5H2,1-3H3,(H,24,25)(H,21,22,23). The summed E-state index contributed by atoms with van der Waals surface area (Å²) < 4.78 is 10.2. The van der Waals surface area contributed by atoms with Crippen molar-refractivity contribution >= 4 is 28.6 Å². The van der Waals surface area contributed by atoms with Crippen molar-refractivity contribution < 1.29 is 19.1 Å². The number of hydrogen-bond donors (Lipinski definition) is 2. The predicted molar refractivity (Wildman–Crippen MR) is 105 cm³/mol. The van der Waals surface area contributed by atoms with Crippen LogP contribution in [0.1, 0.15) is 24.2 Å². The number of aromatic nitrogens is 3. The Morgan fingerprint density at radius 2 is 2.11 bits per heavy atom. The zero-order valence-electron chi connectivity index (χ0n) is 15.8. The van der Waals surface area contributed by atoms with Gasteiger partial charge in [0.05, 0.1) is 30.4 Å². The first-order valence-corrected chi connectivity index (χ1v) is 8.70. The average molecular weight is 380 g/mol. The smallest absolute Gasteiger partial charge is 0.340 e. The van der Waals surface area contributed by atoms with Gasteiger partial charge in [-0.25, -0.2) is 14.8 Å². The number of H-pyrrole nitrogens is 1. The third-order valence-corrected chi connectivity index (χ3v) is 4.06. The van der Waals surface area contributed by atoms with Crippen LogP contribution in [-0.2, 0) is 14.3 Å². The number of aromatic amines is 1. The molecule has 144 valence electrons. The lowest BCUT2D eigenvalue weighted by molar-refractivity contribution is -0.115. The summed E-state index contributed by atoms with van der Waals surface area (Å²) in [5.74, 6) is -0.596. The third kappa shape index (κ3) is 3.71. The van der Waals surface area contributed by atoms with Crippen molar-refractivity contribution in [2.24, 2.45) is 0 Å². The number of benzene rings is 1. The van der Waals surface area contributed by atoms with Gasteiger partial charge in [-0.15, -0.1) is 0 Å². The number of nitrogens with one attached hydrogen (secondary N) is 2. The molecule has 0 spiro atoms. The largest absolute Gasteiger partial charge is 0.491 e. The Kier molecular flexibility index (Phi) is 5.69. The Morgan fingerprint density at radius 1 is 1.29 bits per heavy atom. The number of anilines is 1. The summed E-state index contributed by atoms with van der Waals surface area (Å²) in [7, 11) is 1.44. The van der Waals surface area contributed by atoms with Crippen molar-refractivity contribution in [3.8, 4) is 11.3 Å². The molecule has 0 fully saturated rings. The lowest BCUT2D eigenvalue weighted by atomic mass is 10.1. The van der Waals surface area contributed by atoms with Gasteiger partial charge in [-0.05, 0) is 32.1 Å². The maximum Gasteiger partial charge on any atom is 0.340 e. The molecule has 0 atom stereocenters. The number of hydrogen-bond acceptors (Lipinski definition) is 6. The molecule has 28 heavy (non-hydrogen) atoms. The van der Waals surface area contributed by atoms with Crippen LogP contribution in [0.15, 0.2) is 48.6 Å². The number of allylic oxidation sites excluding steroid dienone is 1. The topological polar surface area (TPSA) is 106 Å². The van der Waals surface area contributed by atoms with Gasteiger partial charge in [0, 0.05) is 17.4 Å². The molecule has 3 aromatic rings. The van der Waals surface area contributed by atoms with Crippen LogP contribution >= 0.6 is 0 Å². The second-order valence-electron chi connectivity index (χ2n) is 5.76. The molecule has 1 amide bonds. The Balaban J connectivity index is 2.03. The predicted octanol–water partition coefficient (Wildman–Crippen LogP) is 3.29. The third-order valence-electron chi connectivity index (χ3n) is 4.06. The maximum absolute atomic E-state index is 12.3. The van der Waals surface area contributed by atoms with E-state index in [-0.39, 0.29) is 18.3 Å². The van der Waals surface area contributed by atoms with Crippen LogP contribution in [-0.4, -0.2) is 40.5 Å². The summed E-state index contributed by atoms with van der Waals surface area (Å²) in [5.41, 5.74) is 2.73. The van der Waals surface area contributed by atoms with Crippen LogP contribution in [0.5, 0.6) is 0 Å². The Bertz CT molecular complexity index is 1060. The van der Waals surface area contributed by atoms with Gasteiger partial charge >= 0.3 is 5.97 Å². The number of methoxy groups -OCH3 is 1. The molecule has 0 radical (unpaired) electrons. The molecule has 2 N–H and O–H groups in total. The summed E-state index contributed by atoms with van der Waals surface area (Å²) >= 11 is 0. The van der Waals surface area contributed by atoms with E-state index >= 15 is 0 Å². The lowest BCUT2D eigenvalue weighted by Gasteiger charge is -2.10. The van der Waals surface area contributed by atoms with Crippen molar-refractivity contribution in [3.05, 3.63) is 54.2 Å². The van der Waals surface area contributed by atoms with Crippen molar-refractivity contribution in [3.63, 3.8) is 0 Å². The minimum Gasteiger partial charge on any atom is -0.491 e. The molecular formula is C20H20N4O4. The molecule has 1 aromatic carbocycles. The zero-order valence-corrected chi connectivity index (χ0v) is 15.8. The number of fused-ring (bicyclic) bond motifs is 1. The Hall–Kier alpha value is -3.68. The molecule has 8 heteroatoms. The van der Waals surface area contributed by atoms with Crippen molar-refractivity contribution in [2.45, 2.75) is 13.8 Å². The zero-order chi connectivity index (χ0) is 20.1. The van der Waals surface area contributed by atoms with Crippen LogP contribution in [0.4, 0.5) is 5.69 Å². The number of nitrogens with zero attached hydrogens (tertiary/aromatic N) is 2. The van der Waals surface area contributed by atoms with E-state index in [2.05, 4.69) is 20.3 Å². The summed E-state index contributed by atoms with van der Waals surface area (Å²) in [6, 6.07) is 7.15. The molecule has 0 aliphatic heterocycles. The highest BCUT2D eigenvalue weighted by atomic mass is 16.5. The van der Waals surface area contributed by atoms with Gasteiger partial charge < -0.3 is 19.8 Å². The molecule has 0 bridgehead atoms. The first kappa shape index (κ1) is 19.1. The molecular weight excluding hydrogens is 360 g/mol. The second-order valence-corrected chi connectivity index (χ2v) is 5.76. The SMILES string of the molecule is CC=C(OC)C(=O)Nc1cccc(-c2ncnc3[nH]cc(C(=O)OCC)c23)c1. The summed E-state index contributed by atoms with van der Waals surface area (Å²) in [4.78, 5) is 36.0. The fourth-order valence-electron chi connectivity index (χ4n) is 2.83. The van der Waals surface area contributed by atoms with E-state index in [1.165, 1.54) is 13.4 Å². The van der Waals surface area contributed by atoms with E-state index in [0.29, 0.717) is 28.0 Å². The van der Waals surface area contributed by atoms with E-state index in [1.807, 2.05) is 6.07 Å². The minimum absolute atomic E-state index is 0.213. The number of esters is 1. The Morgan fingerprint density at radius 3 is 2.82 bits per heavy atom. The van der Waals surface area contributed by atoms with Gasteiger partial charge in [0.1, 0.15) is 12.0 Å². The lowest BCUT2D eigenvalue weighted by Crippen LogP contribution is -2.15. The van der Waals surface area contributed by atoms with Crippen LogP contribution < -0.4 is 5.32 Å². The summed E-state index contributed by atoms with van der Waals surface area (Å²) in [6.45, 7) is 3.73. The molecule has 3 rings (SSSR count). The molecule has 2 heterocycles.